The first-order chi connectivity index (χ1) is 7.70. The van der Waals surface area contributed by atoms with Crippen molar-refractivity contribution in [3.05, 3.63) is 20.3 Å². The lowest BCUT2D eigenvalue weighted by molar-refractivity contribution is 0.235. The summed E-state index contributed by atoms with van der Waals surface area (Å²) in [6.45, 7) is 2.28. The zero-order chi connectivity index (χ0) is 11.5. The number of aliphatic hydroxyl groups excluding tert-OH is 1. The maximum atomic E-state index is 9.47. The molecule has 1 aromatic rings. The van der Waals surface area contributed by atoms with Gasteiger partial charge < -0.3 is 10.4 Å². The Bertz CT molecular complexity index is 327. The Balaban J connectivity index is 2.03. The summed E-state index contributed by atoms with van der Waals surface area (Å²) >= 11 is 5.29. The van der Waals surface area contributed by atoms with Gasteiger partial charge in [-0.1, -0.05) is 12.8 Å². The Hall–Kier alpha value is 0.100. The molecule has 1 unspecified atom stereocenters. The van der Waals surface area contributed by atoms with E-state index >= 15 is 0 Å². The zero-order valence-electron chi connectivity index (χ0n) is 9.50. The summed E-state index contributed by atoms with van der Waals surface area (Å²) in [7, 11) is 0. The maximum Gasteiger partial charge on any atom is 0.0652 e. The zero-order valence-corrected chi connectivity index (χ0v) is 11.9. The van der Waals surface area contributed by atoms with Crippen molar-refractivity contribution in [2.45, 2.75) is 44.7 Å². The minimum absolute atomic E-state index is 0.109. The lowest BCUT2D eigenvalue weighted by Gasteiger charge is -2.19. The van der Waals surface area contributed by atoms with E-state index in [9.17, 15) is 5.11 Å². The highest BCUT2D eigenvalue weighted by molar-refractivity contribution is 9.10. The summed E-state index contributed by atoms with van der Waals surface area (Å²) in [5.41, 5.74) is 0. The third-order valence-electron chi connectivity index (χ3n) is 3.19. The van der Waals surface area contributed by atoms with Crippen LogP contribution in [0, 0.1) is 6.92 Å². The van der Waals surface area contributed by atoms with Crippen molar-refractivity contribution >= 4 is 27.3 Å². The van der Waals surface area contributed by atoms with Crippen LogP contribution in [0.3, 0.4) is 0 Å². The van der Waals surface area contributed by atoms with E-state index in [4.69, 9.17) is 0 Å². The molecule has 0 amide bonds. The van der Waals surface area contributed by atoms with Gasteiger partial charge in [-0.15, -0.1) is 11.3 Å². The molecule has 2 rings (SSSR count). The molecule has 0 bridgehead atoms. The average molecular weight is 304 g/mol. The Morgan fingerprint density at radius 3 is 2.75 bits per heavy atom. The number of nitrogens with one attached hydrogen (secondary N) is 1. The van der Waals surface area contributed by atoms with E-state index in [1.807, 2.05) is 0 Å². The van der Waals surface area contributed by atoms with Gasteiger partial charge in [0.05, 0.1) is 12.6 Å². The molecule has 2 nitrogen and oxygen atoms in total. The van der Waals surface area contributed by atoms with Crippen molar-refractivity contribution < 1.29 is 5.11 Å². The molecule has 90 valence electrons. The molecule has 0 aliphatic heterocycles. The van der Waals surface area contributed by atoms with Gasteiger partial charge in [0.25, 0.3) is 0 Å². The number of aliphatic hydroxyl groups is 1. The third-order valence-corrected chi connectivity index (χ3v) is 5.44. The van der Waals surface area contributed by atoms with Gasteiger partial charge in [0.2, 0.25) is 0 Å². The van der Waals surface area contributed by atoms with Crippen LogP contribution < -0.4 is 5.32 Å². The van der Waals surface area contributed by atoms with Crippen LogP contribution in [0.4, 0.5) is 0 Å². The van der Waals surface area contributed by atoms with Gasteiger partial charge in [-0.3, -0.25) is 0 Å². The topological polar surface area (TPSA) is 32.3 Å². The van der Waals surface area contributed by atoms with Gasteiger partial charge in [-0.05, 0) is 41.8 Å². The Morgan fingerprint density at radius 2 is 2.25 bits per heavy atom. The fraction of sp³-hybridized carbons (Fsp3) is 0.667. The molecule has 4 heteroatoms. The van der Waals surface area contributed by atoms with Crippen molar-refractivity contribution in [3.8, 4) is 0 Å². The van der Waals surface area contributed by atoms with Gasteiger partial charge >= 0.3 is 0 Å². The largest absolute Gasteiger partial charge is 0.394 e. The van der Waals surface area contributed by atoms with Crippen LogP contribution in [0.5, 0.6) is 0 Å². The number of aryl methyl sites for hydroxylation is 1. The van der Waals surface area contributed by atoms with Crippen molar-refractivity contribution in [1.82, 2.24) is 5.32 Å². The van der Waals surface area contributed by atoms with Gasteiger partial charge in [0, 0.05) is 20.3 Å². The Kier molecular flexibility index (Phi) is 4.41. The second-order valence-corrected chi connectivity index (χ2v) is 6.58. The summed E-state index contributed by atoms with van der Waals surface area (Å²) in [5.74, 6) is 0. The highest BCUT2D eigenvalue weighted by Crippen LogP contribution is 2.31. The van der Waals surface area contributed by atoms with Crippen LogP contribution in [-0.4, -0.2) is 17.8 Å². The van der Waals surface area contributed by atoms with Crippen LogP contribution >= 0.6 is 27.3 Å². The van der Waals surface area contributed by atoms with Gasteiger partial charge in [-0.2, -0.15) is 0 Å². The molecule has 16 heavy (non-hydrogen) atoms. The molecule has 0 saturated heterocycles. The highest BCUT2D eigenvalue weighted by atomic mass is 79.9. The van der Waals surface area contributed by atoms with Gasteiger partial charge in [-0.25, -0.2) is 0 Å². The third kappa shape index (κ3) is 2.86. The predicted molar refractivity (Wildman–Crippen MR) is 72.0 cm³/mol. The summed E-state index contributed by atoms with van der Waals surface area (Å²) in [5, 5.41) is 13.0. The molecule has 0 aromatic carbocycles. The second kappa shape index (κ2) is 5.63. The molecule has 1 heterocycles. The number of hydrogen-bond donors (Lipinski definition) is 2. The number of hydrogen-bond acceptors (Lipinski definition) is 3. The van der Waals surface area contributed by atoms with Gasteiger partial charge in [0.15, 0.2) is 0 Å². The normalized spacial score (nSPS) is 19.2. The van der Waals surface area contributed by atoms with Crippen LogP contribution in [0.15, 0.2) is 10.5 Å². The van der Waals surface area contributed by atoms with Crippen LogP contribution in [0.2, 0.25) is 0 Å². The summed E-state index contributed by atoms with van der Waals surface area (Å²) in [6, 6.07) is 2.83. The molecule has 1 aliphatic carbocycles. The minimum Gasteiger partial charge on any atom is -0.394 e. The second-order valence-electron chi connectivity index (χ2n) is 4.44. The minimum atomic E-state index is 0.109. The highest BCUT2D eigenvalue weighted by Gasteiger charge is 2.21. The van der Waals surface area contributed by atoms with E-state index in [2.05, 4.69) is 34.2 Å². The van der Waals surface area contributed by atoms with E-state index in [1.54, 1.807) is 11.3 Å². The van der Waals surface area contributed by atoms with E-state index in [0.29, 0.717) is 6.04 Å². The average Bonchev–Trinajstić information content (AvgIpc) is 2.86. The molecule has 1 aliphatic rings. The monoisotopic (exact) mass is 303 g/mol. The summed E-state index contributed by atoms with van der Waals surface area (Å²) < 4.78 is 1.15. The first kappa shape index (κ1) is 12.6. The lowest BCUT2D eigenvalue weighted by Crippen LogP contribution is -2.32. The van der Waals surface area contributed by atoms with Gasteiger partial charge in [0.1, 0.15) is 0 Å². The molecule has 1 atom stereocenters. The molecule has 1 saturated carbocycles. The molecule has 1 aromatic heterocycles. The number of thiophene rings is 1. The molecular formula is C12H18BrNOS. The van der Waals surface area contributed by atoms with Crippen LogP contribution in [-0.2, 0) is 0 Å². The van der Waals surface area contributed by atoms with Crippen molar-refractivity contribution in [1.29, 1.82) is 0 Å². The summed E-state index contributed by atoms with van der Waals surface area (Å²) in [4.78, 5) is 2.51. The smallest absolute Gasteiger partial charge is 0.0652 e. The van der Waals surface area contributed by atoms with Crippen LogP contribution in [0.1, 0.15) is 41.5 Å². The Morgan fingerprint density at radius 1 is 1.56 bits per heavy atom. The maximum absolute atomic E-state index is 9.47. The van der Waals surface area contributed by atoms with Crippen molar-refractivity contribution in [3.63, 3.8) is 0 Å². The first-order valence-corrected chi connectivity index (χ1v) is 7.44. The molecule has 0 radical (unpaired) electrons. The quantitative estimate of drug-likeness (QED) is 0.894. The van der Waals surface area contributed by atoms with E-state index in [1.165, 1.54) is 35.4 Å². The predicted octanol–water partition coefficient (Wildman–Crippen LogP) is 3.38. The van der Waals surface area contributed by atoms with Crippen molar-refractivity contribution in [2.75, 3.05) is 6.61 Å². The molecule has 1 fully saturated rings. The standard InChI is InChI=1S/C12H18BrNOS/c1-8-10(13)6-12(16-8)11(7-15)14-9-4-2-3-5-9/h6,9,11,14-15H,2-5,7H2,1H3. The SMILES string of the molecule is Cc1sc(C(CO)NC2CCCC2)cc1Br. The number of halogens is 1. The van der Waals surface area contributed by atoms with Crippen molar-refractivity contribution in [2.24, 2.45) is 0 Å². The fourth-order valence-corrected chi connectivity index (χ4v) is 3.87. The fourth-order valence-electron chi connectivity index (χ4n) is 2.26. The van der Waals surface area contributed by atoms with Crippen LogP contribution in [0.25, 0.3) is 0 Å². The first-order valence-electron chi connectivity index (χ1n) is 5.83. The molecule has 0 spiro atoms. The molecule has 2 N–H and O–H groups in total. The number of rotatable bonds is 4. The Labute approximate surface area is 109 Å². The van der Waals surface area contributed by atoms with E-state index < -0.39 is 0 Å². The summed E-state index contributed by atoms with van der Waals surface area (Å²) in [6.07, 6.45) is 5.15. The van der Waals surface area contributed by atoms with E-state index in [0.717, 1.165) is 4.47 Å². The molecular weight excluding hydrogens is 286 g/mol. The van der Waals surface area contributed by atoms with E-state index in [-0.39, 0.29) is 12.6 Å². The lowest BCUT2D eigenvalue weighted by atomic mass is 10.2.